The number of benzene rings is 1. The predicted octanol–water partition coefficient (Wildman–Crippen LogP) is 1.49. The van der Waals surface area contributed by atoms with Crippen LogP contribution in [-0.2, 0) is 4.79 Å². The third kappa shape index (κ3) is 4.34. The minimum absolute atomic E-state index is 0.0498. The van der Waals surface area contributed by atoms with E-state index in [1.807, 2.05) is 29.2 Å². The number of hydrogen-bond donors (Lipinski definition) is 2. The van der Waals surface area contributed by atoms with E-state index >= 15 is 0 Å². The summed E-state index contributed by atoms with van der Waals surface area (Å²) < 4.78 is 11.1. The molecular formula is C22H27N3O5. The summed E-state index contributed by atoms with van der Waals surface area (Å²) in [7, 11) is 0. The molecule has 2 amide bonds. The van der Waals surface area contributed by atoms with Crippen LogP contribution in [0, 0.1) is 13.8 Å². The summed E-state index contributed by atoms with van der Waals surface area (Å²) in [6.07, 6.45) is -0.159. The molecule has 0 spiro atoms. The van der Waals surface area contributed by atoms with Crippen molar-refractivity contribution in [1.82, 2.24) is 10.2 Å². The summed E-state index contributed by atoms with van der Waals surface area (Å²) in [6, 6.07) is 8.94. The second-order valence-electron chi connectivity index (χ2n) is 7.94. The molecule has 0 bridgehead atoms. The first kappa shape index (κ1) is 20.4. The largest absolute Gasteiger partial charge is 0.490 e. The number of amides is 2. The maximum absolute atomic E-state index is 13.0. The zero-order chi connectivity index (χ0) is 21.3. The monoisotopic (exact) mass is 413 g/mol. The average molecular weight is 413 g/mol. The SMILES string of the molecule is Cc1cc(C(=O)N[C@H]2C[C@@H](O)CN(CC(=O)N3CCOc4ccccc43)C2)c(C)o1. The van der Waals surface area contributed by atoms with Gasteiger partial charge >= 0.3 is 0 Å². The lowest BCUT2D eigenvalue weighted by molar-refractivity contribution is -0.120. The molecule has 2 aliphatic heterocycles. The summed E-state index contributed by atoms with van der Waals surface area (Å²) in [5.41, 5.74) is 1.27. The van der Waals surface area contributed by atoms with Crippen molar-refractivity contribution >= 4 is 17.5 Å². The van der Waals surface area contributed by atoms with E-state index in [9.17, 15) is 14.7 Å². The van der Waals surface area contributed by atoms with Gasteiger partial charge in [0.2, 0.25) is 5.91 Å². The fourth-order valence-electron chi connectivity index (χ4n) is 4.22. The number of aryl methyl sites for hydroxylation is 2. The molecule has 0 aliphatic carbocycles. The topological polar surface area (TPSA) is 95.2 Å². The molecule has 2 aliphatic rings. The van der Waals surface area contributed by atoms with Crippen molar-refractivity contribution in [2.24, 2.45) is 0 Å². The number of rotatable bonds is 4. The second-order valence-corrected chi connectivity index (χ2v) is 7.94. The lowest BCUT2D eigenvalue weighted by Gasteiger charge is -2.37. The van der Waals surface area contributed by atoms with E-state index in [-0.39, 0.29) is 24.4 Å². The first-order chi connectivity index (χ1) is 14.4. The normalized spacial score (nSPS) is 21.6. The number of para-hydroxylation sites is 2. The van der Waals surface area contributed by atoms with Gasteiger partial charge in [0, 0.05) is 19.1 Å². The van der Waals surface area contributed by atoms with Gasteiger partial charge in [0.05, 0.1) is 30.4 Å². The number of furan rings is 1. The number of nitrogens with zero attached hydrogens (tertiary/aromatic N) is 2. The van der Waals surface area contributed by atoms with E-state index in [4.69, 9.17) is 9.15 Å². The third-order valence-electron chi connectivity index (χ3n) is 5.51. The van der Waals surface area contributed by atoms with E-state index < -0.39 is 6.10 Å². The molecule has 2 N–H and O–H groups in total. The Hall–Kier alpha value is -2.84. The number of nitrogens with one attached hydrogen (secondary N) is 1. The Morgan fingerprint density at radius 1 is 1.23 bits per heavy atom. The van der Waals surface area contributed by atoms with Gasteiger partial charge in [0.1, 0.15) is 23.9 Å². The highest BCUT2D eigenvalue weighted by Gasteiger charge is 2.31. The van der Waals surface area contributed by atoms with Crippen molar-refractivity contribution in [2.45, 2.75) is 32.4 Å². The van der Waals surface area contributed by atoms with Crippen LogP contribution in [0.1, 0.15) is 28.3 Å². The summed E-state index contributed by atoms with van der Waals surface area (Å²) in [6.45, 7) is 5.55. The average Bonchev–Trinajstić information content (AvgIpc) is 3.05. The van der Waals surface area contributed by atoms with Crippen LogP contribution in [0.5, 0.6) is 5.75 Å². The molecular weight excluding hydrogens is 386 g/mol. The molecule has 0 saturated carbocycles. The molecule has 0 radical (unpaired) electrons. The van der Waals surface area contributed by atoms with Crippen molar-refractivity contribution in [3.8, 4) is 5.75 Å². The van der Waals surface area contributed by atoms with Crippen molar-refractivity contribution < 1.29 is 23.8 Å². The van der Waals surface area contributed by atoms with Crippen molar-refractivity contribution in [2.75, 3.05) is 37.7 Å². The zero-order valence-corrected chi connectivity index (χ0v) is 17.3. The molecule has 3 heterocycles. The number of hydrogen-bond acceptors (Lipinski definition) is 6. The molecule has 1 aromatic heterocycles. The highest BCUT2D eigenvalue weighted by Crippen LogP contribution is 2.31. The highest BCUT2D eigenvalue weighted by atomic mass is 16.5. The molecule has 30 heavy (non-hydrogen) atoms. The first-order valence-electron chi connectivity index (χ1n) is 10.2. The summed E-state index contributed by atoms with van der Waals surface area (Å²) in [5, 5.41) is 13.3. The molecule has 1 saturated heterocycles. The fraction of sp³-hybridized carbons (Fsp3) is 0.455. The summed E-state index contributed by atoms with van der Waals surface area (Å²) in [5.74, 6) is 1.67. The van der Waals surface area contributed by atoms with Gasteiger partial charge in [-0.1, -0.05) is 12.1 Å². The summed E-state index contributed by atoms with van der Waals surface area (Å²) in [4.78, 5) is 29.2. The number of β-amino-alcohol motifs (C(OH)–C–C–N with tert-alkyl or cyclic N) is 1. The Balaban J connectivity index is 1.40. The predicted molar refractivity (Wildman–Crippen MR) is 111 cm³/mol. The van der Waals surface area contributed by atoms with Crippen LogP contribution in [0.2, 0.25) is 0 Å². The Kier molecular flexibility index (Phi) is 5.78. The van der Waals surface area contributed by atoms with E-state index in [1.165, 1.54) is 0 Å². The Morgan fingerprint density at radius 2 is 2.03 bits per heavy atom. The van der Waals surface area contributed by atoms with Crippen LogP contribution >= 0.6 is 0 Å². The fourth-order valence-corrected chi connectivity index (χ4v) is 4.22. The minimum atomic E-state index is -0.610. The second kappa shape index (κ2) is 8.49. The van der Waals surface area contributed by atoms with Crippen LogP contribution in [0.25, 0.3) is 0 Å². The molecule has 160 valence electrons. The number of carbonyl (C=O) groups excluding carboxylic acids is 2. The van der Waals surface area contributed by atoms with Crippen LogP contribution in [-0.4, -0.2) is 66.8 Å². The number of aliphatic hydroxyl groups is 1. The molecule has 2 aromatic rings. The van der Waals surface area contributed by atoms with Gasteiger partial charge in [-0.15, -0.1) is 0 Å². The van der Waals surface area contributed by atoms with Gasteiger partial charge < -0.3 is 24.5 Å². The van der Waals surface area contributed by atoms with E-state index in [2.05, 4.69) is 5.32 Å². The van der Waals surface area contributed by atoms with Crippen LogP contribution in [0.15, 0.2) is 34.7 Å². The van der Waals surface area contributed by atoms with Crippen molar-refractivity contribution in [3.63, 3.8) is 0 Å². The Morgan fingerprint density at radius 3 is 2.80 bits per heavy atom. The Labute approximate surface area is 175 Å². The molecule has 4 rings (SSSR count). The van der Waals surface area contributed by atoms with Gasteiger partial charge in [-0.25, -0.2) is 0 Å². The first-order valence-corrected chi connectivity index (χ1v) is 10.2. The molecule has 0 unspecified atom stereocenters. The van der Waals surface area contributed by atoms with Gasteiger partial charge in [-0.05, 0) is 38.5 Å². The number of anilines is 1. The number of aliphatic hydroxyl groups excluding tert-OH is 1. The number of carbonyl (C=O) groups is 2. The molecule has 2 atom stereocenters. The van der Waals surface area contributed by atoms with Crippen LogP contribution < -0.4 is 15.0 Å². The van der Waals surface area contributed by atoms with E-state index in [1.54, 1.807) is 24.8 Å². The number of ether oxygens (including phenoxy) is 1. The molecule has 1 aromatic carbocycles. The van der Waals surface area contributed by atoms with Crippen LogP contribution in [0.4, 0.5) is 5.69 Å². The van der Waals surface area contributed by atoms with E-state index in [0.29, 0.717) is 55.5 Å². The quantitative estimate of drug-likeness (QED) is 0.789. The molecule has 8 nitrogen and oxygen atoms in total. The number of fused-ring (bicyclic) bond motifs is 1. The third-order valence-corrected chi connectivity index (χ3v) is 5.51. The molecule has 8 heteroatoms. The van der Waals surface area contributed by atoms with Crippen molar-refractivity contribution in [3.05, 3.63) is 47.4 Å². The Bertz CT molecular complexity index is 941. The highest BCUT2D eigenvalue weighted by molar-refractivity contribution is 5.97. The van der Waals surface area contributed by atoms with Crippen LogP contribution in [0.3, 0.4) is 0 Å². The zero-order valence-electron chi connectivity index (χ0n) is 17.3. The van der Waals surface area contributed by atoms with Gasteiger partial charge in [-0.2, -0.15) is 0 Å². The maximum atomic E-state index is 13.0. The van der Waals surface area contributed by atoms with Gasteiger partial charge in [0.25, 0.3) is 5.91 Å². The van der Waals surface area contributed by atoms with Gasteiger partial charge in [-0.3, -0.25) is 14.5 Å². The number of piperidine rings is 1. The standard InChI is InChI=1S/C22H27N3O5/c1-14-9-18(15(2)30-14)22(28)23-16-10-17(26)12-24(11-16)13-21(27)25-7-8-29-20-6-4-3-5-19(20)25/h3-6,9,16-17,26H,7-8,10-13H2,1-2H3,(H,23,28)/t16-,17+/m0/s1. The maximum Gasteiger partial charge on any atom is 0.255 e. The van der Waals surface area contributed by atoms with Gasteiger partial charge in [0.15, 0.2) is 0 Å². The summed E-state index contributed by atoms with van der Waals surface area (Å²) >= 11 is 0. The minimum Gasteiger partial charge on any atom is -0.490 e. The lowest BCUT2D eigenvalue weighted by Crippen LogP contribution is -2.55. The number of likely N-dealkylation sites (tertiary alicyclic amines) is 1. The van der Waals surface area contributed by atoms with E-state index in [0.717, 1.165) is 5.69 Å². The smallest absolute Gasteiger partial charge is 0.255 e. The lowest BCUT2D eigenvalue weighted by atomic mass is 10.0. The van der Waals surface area contributed by atoms with Crippen molar-refractivity contribution in [1.29, 1.82) is 0 Å². The molecule has 1 fully saturated rings.